The van der Waals surface area contributed by atoms with E-state index in [2.05, 4.69) is 56.3 Å². The average molecular weight is 253 g/mol. The van der Waals surface area contributed by atoms with Crippen LogP contribution in [-0.2, 0) is 0 Å². The van der Waals surface area contributed by atoms with E-state index in [9.17, 15) is 0 Å². The second-order valence-corrected chi connectivity index (χ2v) is 6.57. The number of nitrogens with zero attached hydrogens (tertiary/aromatic N) is 1. The van der Waals surface area contributed by atoms with Gasteiger partial charge in [-0.25, -0.2) is 0 Å². The van der Waals surface area contributed by atoms with E-state index in [1.165, 1.54) is 10.5 Å². The Kier molecular flexibility index (Phi) is 2.75. The predicted octanol–water partition coefficient (Wildman–Crippen LogP) is 4.69. The largest absolute Gasteiger partial charge is 0.250 e. The summed E-state index contributed by atoms with van der Waals surface area (Å²) in [5, 5.41) is 0. The van der Waals surface area contributed by atoms with E-state index in [0.29, 0.717) is 0 Å². The fourth-order valence-electron chi connectivity index (χ4n) is 2.22. The fraction of sp³-hybridized carbons (Fsp3) is 0.188. The van der Waals surface area contributed by atoms with E-state index >= 15 is 0 Å². The van der Waals surface area contributed by atoms with Crippen molar-refractivity contribution in [3.05, 3.63) is 60.2 Å². The minimum absolute atomic E-state index is 0.00963. The molecule has 1 aliphatic rings. The predicted molar refractivity (Wildman–Crippen MR) is 79.0 cm³/mol. The van der Waals surface area contributed by atoms with Gasteiger partial charge in [-0.1, -0.05) is 42.5 Å². The van der Waals surface area contributed by atoms with Crippen LogP contribution in [0.1, 0.15) is 19.4 Å². The summed E-state index contributed by atoms with van der Waals surface area (Å²) >= 11 is 1.89. The Hall–Kier alpha value is -1.54. The monoisotopic (exact) mass is 253 g/mol. The maximum Gasteiger partial charge on any atom is 0.0769 e. The highest BCUT2D eigenvalue weighted by Crippen LogP contribution is 2.44. The van der Waals surface area contributed by atoms with Crippen LogP contribution in [0.2, 0.25) is 0 Å². The molecular formula is C16H15NS. The molecule has 90 valence electrons. The summed E-state index contributed by atoms with van der Waals surface area (Å²) in [6, 6.07) is 18.8. The average Bonchev–Trinajstić information content (AvgIpc) is 2.38. The lowest BCUT2D eigenvalue weighted by Gasteiger charge is -2.31. The van der Waals surface area contributed by atoms with E-state index in [0.717, 1.165) is 11.4 Å². The first-order valence-corrected chi connectivity index (χ1v) is 6.91. The maximum atomic E-state index is 4.86. The van der Waals surface area contributed by atoms with Crippen molar-refractivity contribution in [3.63, 3.8) is 0 Å². The molecule has 0 aliphatic carbocycles. The molecule has 0 bridgehead atoms. The van der Waals surface area contributed by atoms with Crippen molar-refractivity contribution < 1.29 is 0 Å². The number of rotatable bonds is 1. The van der Waals surface area contributed by atoms with Crippen LogP contribution < -0.4 is 0 Å². The molecule has 1 nitrogen and oxygen atoms in total. The zero-order valence-corrected chi connectivity index (χ0v) is 11.4. The van der Waals surface area contributed by atoms with Gasteiger partial charge in [0, 0.05) is 4.90 Å². The standard InChI is InChI=1S/C16H15NS/c1-16(2)15(12-8-4-3-5-9-12)17-13-10-6-7-11-14(13)18-16/h3-11H,1-2H3. The van der Waals surface area contributed by atoms with E-state index < -0.39 is 0 Å². The molecule has 0 N–H and O–H groups in total. The van der Waals surface area contributed by atoms with Crippen LogP contribution in [0.3, 0.4) is 0 Å². The normalized spacial score (nSPS) is 16.9. The molecule has 0 unspecified atom stereocenters. The highest BCUT2D eigenvalue weighted by Gasteiger charge is 2.31. The molecule has 2 aromatic rings. The molecule has 3 rings (SSSR count). The van der Waals surface area contributed by atoms with Crippen LogP contribution >= 0.6 is 11.8 Å². The lowest BCUT2D eigenvalue weighted by Crippen LogP contribution is -2.30. The van der Waals surface area contributed by atoms with E-state index in [1.807, 2.05) is 23.9 Å². The molecule has 0 fully saturated rings. The van der Waals surface area contributed by atoms with Crippen molar-refractivity contribution in [2.45, 2.75) is 23.5 Å². The Morgan fingerprint density at radius 3 is 2.33 bits per heavy atom. The van der Waals surface area contributed by atoms with Crippen LogP contribution in [0, 0.1) is 0 Å². The van der Waals surface area contributed by atoms with Gasteiger partial charge in [-0.05, 0) is 31.5 Å². The highest BCUT2D eigenvalue weighted by atomic mass is 32.2. The van der Waals surface area contributed by atoms with Crippen LogP contribution in [0.15, 0.2) is 64.5 Å². The number of thioether (sulfide) groups is 1. The molecule has 0 saturated carbocycles. The molecule has 0 aromatic heterocycles. The van der Waals surface area contributed by atoms with Crippen molar-refractivity contribution in [3.8, 4) is 0 Å². The van der Waals surface area contributed by atoms with Crippen molar-refractivity contribution in [1.29, 1.82) is 0 Å². The van der Waals surface area contributed by atoms with Gasteiger partial charge in [0.1, 0.15) is 0 Å². The van der Waals surface area contributed by atoms with Gasteiger partial charge in [-0.15, -0.1) is 11.8 Å². The Labute approximate surface area is 112 Å². The summed E-state index contributed by atoms with van der Waals surface area (Å²) in [4.78, 5) is 6.13. The van der Waals surface area contributed by atoms with Crippen LogP contribution in [0.25, 0.3) is 0 Å². The zero-order valence-electron chi connectivity index (χ0n) is 10.6. The van der Waals surface area contributed by atoms with Crippen LogP contribution in [0.4, 0.5) is 5.69 Å². The molecule has 0 saturated heterocycles. The summed E-state index contributed by atoms with van der Waals surface area (Å²) < 4.78 is 0.00963. The second-order valence-electron chi connectivity index (χ2n) is 4.91. The molecular weight excluding hydrogens is 238 g/mol. The van der Waals surface area contributed by atoms with Crippen molar-refractivity contribution in [2.75, 3.05) is 0 Å². The molecule has 0 spiro atoms. The molecule has 18 heavy (non-hydrogen) atoms. The Bertz CT molecular complexity index is 600. The van der Waals surface area contributed by atoms with Gasteiger partial charge in [-0.2, -0.15) is 0 Å². The van der Waals surface area contributed by atoms with E-state index in [4.69, 9.17) is 4.99 Å². The third-order valence-electron chi connectivity index (χ3n) is 3.08. The fourth-order valence-corrected chi connectivity index (χ4v) is 3.40. The molecule has 2 heteroatoms. The van der Waals surface area contributed by atoms with Gasteiger partial charge in [0.2, 0.25) is 0 Å². The first-order chi connectivity index (χ1) is 8.67. The number of para-hydroxylation sites is 1. The summed E-state index contributed by atoms with van der Waals surface area (Å²) in [6.07, 6.45) is 0. The Morgan fingerprint density at radius 2 is 1.56 bits per heavy atom. The molecule has 1 heterocycles. The Balaban J connectivity index is 2.16. The molecule has 0 atom stereocenters. The smallest absolute Gasteiger partial charge is 0.0769 e. The zero-order chi connectivity index (χ0) is 12.6. The van der Waals surface area contributed by atoms with Gasteiger partial charge in [-0.3, -0.25) is 4.99 Å². The van der Waals surface area contributed by atoms with Crippen LogP contribution in [0.5, 0.6) is 0 Å². The summed E-state index contributed by atoms with van der Waals surface area (Å²) in [5.41, 5.74) is 3.46. The highest BCUT2D eigenvalue weighted by molar-refractivity contribution is 8.01. The summed E-state index contributed by atoms with van der Waals surface area (Å²) in [6.45, 7) is 4.47. The quantitative estimate of drug-likeness (QED) is 0.718. The number of fused-ring (bicyclic) bond motifs is 1. The lowest BCUT2D eigenvalue weighted by molar-refractivity contribution is 0.937. The third kappa shape index (κ3) is 1.97. The summed E-state index contributed by atoms with van der Waals surface area (Å²) in [5.74, 6) is 0. The Morgan fingerprint density at radius 1 is 0.889 bits per heavy atom. The minimum Gasteiger partial charge on any atom is -0.250 e. The van der Waals surface area contributed by atoms with Crippen LogP contribution in [-0.4, -0.2) is 10.5 Å². The minimum atomic E-state index is 0.00963. The topological polar surface area (TPSA) is 12.4 Å². The number of aliphatic imine (C=N–C) groups is 1. The van der Waals surface area contributed by atoms with Gasteiger partial charge >= 0.3 is 0 Å². The van der Waals surface area contributed by atoms with Crippen molar-refractivity contribution in [2.24, 2.45) is 4.99 Å². The van der Waals surface area contributed by atoms with Gasteiger partial charge in [0.25, 0.3) is 0 Å². The van der Waals surface area contributed by atoms with Gasteiger partial charge < -0.3 is 0 Å². The lowest BCUT2D eigenvalue weighted by atomic mass is 9.98. The number of hydrogen-bond acceptors (Lipinski definition) is 2. The maximum absolute atomic E-state index is 4.86. The molecule has 2 aromatic carbocycles. The SMILES string of the molecule is CC1(C)Sc2ccccc2N=C1c1ccccc1. The van der Waals surface area contributed by atoms with Crippen molar-refractivity contribution in [1.82, 2.24) is 0 Å². The van der Waals surface area contributed by atoms with Gasteiger partial charge in [0.05, 0.1) is 16.1 Å². The van der Waals surface area contributed by atoms with Crippen molar-refractivity contribution >= 4 is 23.2 Å². The first-order valence-electron chi connectivity index (χ1n) is 6.09. The first kappa shape index (κ1) is 11.5. The summed E-state index contributed by atoms with van der Waals surface area (Å²) in [7, 11) is 0. The number of benzene rings is 2. The third-order valence-corrected chi connectivity index (χ3v) is 4.35. The molecule has 0 radical (unpaired) electrons. The molecule has 1 aliphatic heterocycles. The van der Waals surface area contributed by atoms with Gasteiger partial charge in [0.15, 0.2) is 0 Å². The van der Waals surface area contributed by atoms with E-state index in [-0.39, 0.29) is 4.75 Å². The number of hydrogen-bond donors (Lipinski definition) is 0. The van der Waals surface area contributed by atoms with E-state index in [1.54, 1.807) is 0 Å². The molecule has 0 amide bonds. The second kappa shape index (κ2) is 4.29.